The molecule has 1 aromatic carbocycles. The molecule has 1 rings (SSSR count). The minimum Gasteiger partial charge on any atom is -0.506 e. The Labute approximate surface area is 93.8 Å². The lowest BCUT2D eigenvalue weighted by Crippen LogP contribution is -2.13. The van der Waals surface area contributed by atoms with E-state index in [9.17, 15) is 24.4 Å². The van der Waals surface area contributed by atoms with Gasteiger partial charge in [-0.15, -0.1) is 11.6 Å². The van der Waals surface area contributed by atoms with E-state index in [1.807, 2.05) is 0 Å². The fourth-order valence-electron chi connectivity index (χ4n) is 0.975. The smallest absolute Gasteiger partial charge is 0.307 e. The zero-order chi connectivity index (χ0) is 12.3. The van der Waals surface area contributed by atoms with Crippen LogP contribution in [0.4, 0.5) is 15.8 Å². The molecule has 0 fully saturated rings. The number of aromatic hydroxyl groups is 1. The zero-order valence-corrected chi connectivity index (χ0v) is 8.49. The number of alkyl halides is 1. The van der Waals surface area contributed by atoms with Gasteiger partial charge in [0.15, 0.2) is 0 Å². The van der Waals surface area contributed by atoms with Crippen LogP contribution in [0.25, 0.3) is 0 Å². The zero-order valence-electron chi connectivity index (χ0n) is 7.74. The van der Waals surface area contributed by atoms with Gasteiger partial charge in [-0.2, -0.15) is 4.39 Å². The molecular weight excluding hydrogens is 243 g/mol. The molecule has 0 spiro atoms. The van der Waals surface area contributed by atoms with E-state index in [0.29, 0.717) is 6.07 Å². The maximum Gasteiger partial charge on any atom is 0.307 e. The number of nitro benzene ring substituents is 1. The monoisotopic (exact) mass is 248 g/mol. The molecule has 0 atom stereocenters. The summed E-state index contributed by atoms with van der Waals surface area (Å²) in [5.41, 5.74) is -1.11. The topological polar surface area (TPSA) is 92.5 Å². The van der Waals surface area contributed by atoms with Gasteiger partial charge in [-0.3, -0.25) is 14.9 Å². The van der Waals surface area contributed by atoms with Crippen LogP contribution in [0.1, 0.15) is 0 Å². The lowest BCUT2D eigenvalue weighted by Gasteiger charge is -2.05. The minimum atomic E-state index is -1.19. The van der Waals surface area contributed by atoms with Crippen molar-refractivity contribution in [2.24, 2.45) is 0 Å². The highest BCUT2D eigenvalue weighted by molar-refractivity contribution is 6.29. The summed E-state index contributed by atoms with van der Waals surface area (Å²) in [7, 11) is 0. The summed E-state index contributed by atoms with van der Waals surface area (Å²) in [5.74, 6) is -2.85. The van der Waals surface area contributed by atoms with Crippen molar-refractivity contribution in [3.05, 3.63) is 28.1 Å². The lowest BCUT2D eigenvalue weighted by atomic mass is 10.2. The van der Waals surface area contributed by atoms with Crippen molar-refractivity contribution in [1.82, 2.24) is 0 Å². The first-order valence-corrected chi connectivity index (χ1v) is 4.52. The van der Waals surface area contributed by atoms with Crippen LogP contribution in [-0.4, -0.2) is 21.8 Å². The number of halogens is 2. The number of nitro groups is 1. The quantitative estimate of drug-likeness (QED) is 0.368. The van der Waals surface area contributed by atoms with Crippen LogP contribution < -0.4 is 5.32 Å². The second kappa shape index (κ2) is 4.75. The lowest BCUT2D eigenvalue weighted by molar-refractivity contribution is -0.387. The van der Waals surface area contributed by atoms with Crippen LogP contribution >= 0.6 is 11.6 Å². The van der Waals surface area contributed by atoms with Gasteiger partial charge < -0.3 is 10.4 Å². The van der Waals surface area contributed by atoms with E-state index < -0.39 is 28.1 Å². The van der Waals surface area contributed by atoms with Gasteiger partial charge in [-0.25, -0.2) is 0 Å². The van der Waals surface area contributed by atoms with Crippen LogP contribution in [0.15, 0.2) is 12.1 Å². The van der Waals surface area contributed by atoms with Crippen molar-refractivity contribution in [1.29, 1.82) is 0 Å². The van der Waals surface area contributed by atoms with E-state index in [-0.39, 0.29) is 11.6 Å². The Morgan fingerprint density at radius 2 is 2.25 bits per heavy atom. The van der Waals surface area contributed by atoms with Gasteiger partial charge in [0.1, 0.15) is 11.6 Å². The van der Waals surface area contributed by atoms with Crippen LogP contribution in [-0.2, 0) is 4.79 Å². The summed E-state index contributed by atoms with van der Waals surface area (Å²) in [5, 5.41) is 21.7. The SMILES string of the molecule is O=C(CCl)Nc1cc([N+](=O)[O-])c(F)cc1O. The molecule has 8 heteroatoms. The molecule has 0 aliphatic heterocycles. The van der Waals surface area contributed by atoms with Gasteiger partial charge in [0.25, 0.3) is 0 Å². The standard InChI is InChI=1S/C8H6ClFN2O4/c9-3-8(14)11-5-2-6(12(15)16)4(10)1-7(5)13/h1-2,13H,3H2,(H,11,14). The van der Waals surface area contributed by atoms with Crippen molar-refractivity contribution >= 4 is 28.9 Å². The summed E-state index contributed by atoms with van der Waals surface area (Å²) in [4.78, 5) is 20.3. The van der Waals surface area contributed by atoms with Gasteiger partial charge in [0, 0.05) is 12.1 Å². The molecule has 0 aliphatic rings. The average Bonchev–Trinajstić information content (AvgIpc) is 2.21. The molecule has 86 valence electrons. The minimum absolute atomic E-state index is 0.265. The molecule has 1 amide bonds. The Morgan fingerprint density at radius 1 is 1.62 bits per heavy atom. The molecule has 0 saturated heterocycles. The van der Waals surface area contributed by atoms with Crippen LogP contribution in [0.3, 0.4) is 0 Å². The molecule has 0 heterocycles. The Kier molecular flexibility index (Phi) is 3.62. The number of nitrogens with zero attached hydrogens (tertiary/aromatic N) is 1. The van der Waals surface area contributed by atoms with E-state index in [0.717, 1.165) is 6.07 Å². The number of nitrogens with one attached hydrogen (secondary N) is 1. The van der Waals surface area contributed by atoms with E-state index in [4.69, 9.17) is 11.6 Å². The molecule has 0 aliphatic carbocycles. The number of anilines is 1. The Morgan fingerprint density at radius 3 is 2.75 bits per heavy atom. The average molecular weight is 249 g/mol. The third kappa shape index (κ3) is 2.57. The number of phenols is 1. The fraction of sp³-hybridized carbons (Fsp3) is 0.125. The predicted molar refractivity (Wildman–Crippen MR) is 54.1 cm³/mol. The first-order chi connectivity index (χ1) is 7.45. The maximum absolute atomic E-state index is 13.0. The molecule has 0 unspecified atom stereocenters. The van der Waals surface area contributed by atoms with Crippen molar-refractivity contribution in [2.75, 3.05) is 11.2 Å². The fourth-order valence-corrected chi connectivity index (χ4v) is 1.04. The second-order valence-corrected chi connectivity index (χ2v) is 3.03. The number of carbonyl (C=O) groups is 1. The number of carbonyl (C=O) groups excluding carboxylic acids is 1. The summed E-state index contributed by atoms with van der Waals surface area (Å²) in [6.07, 6.45) is 0. The predicted octanol–water partition coefficient (Wildman–Crippen LogP) is 1.62. The normalized spacial score (nSPS) is 9.88. The first kappa shape index (κ1) is 12.2. The van der Waals surface area contributed by atoms with Crippen molar-refractivity contribution in [3.8, 4) is 5.75 Å². The Bertz CT molecular complexity index is 452. The van der Waals surface area contributed by atoms with Crippen LogP contribution in [0, 0.1) is 15.9 Å². The van der Waals surface area contributed by atoms with Gasteiger partial charge in [0.2, 0.25) is 11.7 Å². The van der Waals surface area contributed by atoms with E-state index in [2.05, 4.69) is 5.32 Å². The molecule has 2 N–H and O–H groups in total. The number of rotatable bonds is 3. The third-order valence-corrected chi connectivity index (χ3v) is 1.90. The van der Waals surface area contributed by atoms with Crippen molar-refractivity contribution in [3.63, 3.8) is 0 Å². The van der Waals surface area contributed by atoms with Crippen molar-refractivity contribution < 1.29 is 19.2 Å². The summed E-state index contributed by atoms with van der Waals surface area (Å²) < 4.78 is 13.0. The Hall–Kier alpha value is -1.89. The van der Waals surface area contributed by atoms with Gasteiger partial charge in [0.05, 0.1) is 10.6 Å². The summed E-state index contributed by atoms with van der Waals surface area (Å²) in [6, 6.07) is 1.26. The molecule has 0 aromatic heterocycles. The number of benzene rings is 1. The highest BCUT2D eigenvalue weighted by atomic mass is 35.5. The van der Waals surface area contributed by atoms with Gasteiger partial charge >= 0.3 is 5.69 Å². The highest BCUT2D eigenvalue weighted by Gasteiger charge is 2.18. The molecular formula is C8H6ClFN2O4. The number of hydrogen-bond donors (Lipinski definition) is 2. The second-order valence-electron chi connectivity index (χ2n) is 2.76. The molecule has 0 saturated carbocycles. The van der Waals surface area contributed by atoms with E-state index in [1.165, 1.54) is 0 Å². The maximum atomic E-state index is 13.0. The Balaban J connectivity index is 3.14. The molecule has 6 nitrogen and oxygen atoms in total. The molecule has 16 heavy (non-hydrogen) atoms. The van der Waals surface area contributed by atoms with Gasteiger partial charge in [-0.1, -0.05) is 0 Å². The van der Waals surface area contributed by atoms with Crippen LogP contribution in [0.5, 0.6) is 5.75 Å². The number of phenolic OH excluding ortho intramolecular Hbond substituents is 1. The highest BCUT2D eigenvalue weighted by Crippen LogP contribution is 2.30. The number of amides is 1. The van der Waals surface area contributed by atoms with Crippen LogP contribution in [0.2, 0.25) is 0 Å². The molecule has 0 bridgehead atoms. The number of hydrogen-bond acceptors (Lipinski definition) is 4. The first-order valence-electron chi connectivity index (χ1n) is 3.98. The summed E-state index contributed by atoms with van der Waals surface area (Å²) >= 11 is 5.19. The van der Waals surface area contributed by atoms with E-state index in [1.54, 1.807) is 0 Å². The van der Waals surface area contributed by atoms with E-state index >= 15 is 0 Å². The largest absolute Gasteiger partial charge is 0.506 e. The molecule has 1 aromatic rings. The molecule has 0 radical (unpaired) electrons. The van der Waals surface area contributed by atoms with Gasteiger partial charge in [-0.05, 0) is 0 Å². The third-order valence-electron chi connectivity index (χ3n) is 1.66. The van der Waals surface area contributed by atoms with Crippen molar-refractivity contribution in [2.45, 2.75) is 0 Å². The summed E-state index contributed by atoms with van der Waals surface area (Å²) in [6.45, 7) is 0.